The quantitative estimate of drug-likeness (QED) is 0.123. The monoisotopic (exact) mass is 642 g/mol. The number of aryl methyl sites for hydroxylation is 1. The van der Waals surface area contributed by atoms with E-state index < -0.39 is 23.5 Å². The van der Waals surface area contributed by atoms with Crippen molar-refractivity contribution in [2.75, 3.05) is 18.2 Å². The zero-order valence-corrected chi connectivity index (χ0v) is 25.8. The van der Waals surface area contributed by atoms with E-state index >= 15 is 0 Å². The predicted molar refractivity (Wildman–Crippen MR) is 173 cm³/mol. The van der Waals surface area contributed by atoms with Gasteiger partial charge in [-0.15, -0.1) is 0 Å². The second-order valence-corrected chi connectivity index (χ2v) is 10.6. The topological polar surface area (TPSA) is 174 Å². The normalized spacial score (nSPS) is 11.3. The lowest BCUT2D eigenvalue weighted by Gasteiger charge is -2.23. The summed E-state index contributed by atoms with van der Waals surface area (Å²) in [6, 6.07) is 17.3. The van der Waals surface area contributed by atoms with Crippen molar-refractivity contribution in [3.63, 3.8) is 0 Å². The first-order valence-electron chi connectivity index (χ1n) is 14.2. The first-order chi connectivity index (χ1) is 22.1. The van der Waals surface area contributed by atoms with E-state index in [-0.39, 0.29) is 59.9 Å². The fraction of sp³-hybridized carbons (Fsp3) is 0.206. The molecule has 1 unspecified atom stereocenters. The number of ether oxygens (including phenoxy) is 2. The van der Waals surface area contributed by atoms with Gasteiger partial charge in [0.25, 0.3) is 5.56 Å². The number of carboxylic acids is 1. The molecule has 0 fully saturated rings. The minimum Gasteiger partial charge on any atom is -0.495 e. The molecule has 1 atom stereocenters. The van der Waals surface area contributed by atoms with Crippen molar-refractivity contribution >= 4 is 41.1 Å². The minimum atomic E-state index is -1.31. The summed E-state index contributed by atoms with van der Waals surface area (Å²) in [6.07, 6.45) is 2.35. The molecule has 4 N–H and O–H groups in total. The second kappa shape index (κ2) is 14.9. The maximum absolute atomic E-state index is 13.9. The smallest absolute Gasteiger partial charge is 0.337 e. The van der Waals surface area contributed by atoms with Crippen LogP contribution in [0, 0.1) is 11.3 Å². The number of pyridine rings is 1. The van der Waals surface area contributed by atoms with Crippen molar-refractivity contribution in [1.82, 2.24) is 4.57 Å². The number of nitrogens with two attached hydrogens (primary N) is 1. The standard InChI is InChI=1S/C34H31ClN4O7/c1-3-27(39-18-28(45-2)25(16-29(39)41)24-15-23(35)12-11-22(24)17-36)33(42)38-31-21(10-7-13-40)14-26(34(43)44)30(37)32(31)46-19-20-8-5-4-6-9-20/h4-6,8-9,11-16,18,27H,3,7,10,19,37H2,1-2H3,(H,38,42)(H,43,44). The lowest BCUT2D eigenvalue weighted by Crippen LogP contribution is -2.33. The van der Waals surface area contributed by atoms with E-state index in [9.17, 15) is 29.5 Å². The number of hydrogen-bond acceptors (Lipinski definition) is 8. The molecule has 46 heavy (non-hydrogen) atoms. The number of nitrogen functional groups attached to an aromatic ring is 1. The Morgan fingerprint density at radius 1 is 1.15 bits per heavy atom. The van der Waals surface area contributed by atoms with Gasteiger partial charge >= 0.3 is 5.97 Å². The lowest BCUT2D eigenvalue weighted by molar-refractivity contribution is -0.119. The maximum Gasteiger partial charge on any atom is 0.337 e. The summed E-state index contributed by atoms with van der Waals surface area (Å²) in [5.41, 5.74) is 7.43. The summed E-state index contributed by atoms with van der Waals surface area (Å²) in [7, 11) is 1.40. The SMILES string of the molecule is CCC(C(=O)Nc1c(CCC=O)cc(C(=O)O)c(N)c1OCc1ccccc1)n1cc(OC)c(-c2cc(Cl)ccc2C#N)cc1=O. The van der Waals surface area contributed by atoms with Gasteiger partial charge in [0.1, 0.15) is 24.7 Å². The molecular weight excluding hydrogens is 612 g/mol. The fourth-order valence-electron chi connectivity index (χ4n) is 5.03. The number of carbonyl (C=O) groups is 3. The number of carboxylic acid groups (broad SMARTS) is 1. The minimum absolute atomic E-state index is 0.00756. The van der Waals surface area contributed by atoms with Gasteiger partial charge in [0.2, 0.25) is 5.91 Å². The average Bonchev–Trinajstić information content (AvgIpc) is 3.05. The second-order valence-electron chi connectivity index (χ2n) is 10.2. The number of halogens is 1. The molecule has 12 heteroatoms. The van der Waals surface area contributed by atoms with Gasteiger partial charge in [-0.1, -0.05) is 48.9 Å². The largest absolute Gasteiger partial charge is 0.495 e. The molecule has 4 aromatic rings. The molecule has 0 bridgehead atoms. The first kappa shape index (κ1) is 33.3. The van der Waals surface area contributed by atoms with Crippen LogP contribution in [0.5, 0.6) is 11.5 Å². The van der Waals surface area contributed by atoms with Gasteiger partial charge in [0.05, 0.1) is 41.9 Å². The molecule has 236 valence electrons. The number of methoxy groups -OCH3 is 1. The number of nitriles is 1. The van der Waals surface area contributed by atoms with Gasteiger partial charge in [-0.3, -0.25) is 14.2 Å². The number of aldehydes is 1. The number of nitrogens with zero attached hydrogens (tertiary/aromatic N) is 2. The molecule has 0 aliphatic rings. The number of hydrogen-bond donors (Lipinski definition) is 3. The highest BCUT2D eigenvalue weighted by Gasteiger charge is 2.27. The van der Waals surface area contributed by atoms with Crippen LogP contribution in [-0.2, 0) is 22.6 Å². The van der Waals surface area contributed by atoms with Gasteiger partial charge < -0.3 is 30.4 Å². The molecule has 3 aromatic carbocycles. The van der Waals surface area contributed by atoms with Gasteiger partial charge in [-0.05, 0) is 48.2 Å². The van der Waals surface area contributed by atoms with Crippen LogP contribution in [-0.4, -0.2) is 34.9 Å². The molecule has 1 heterocycles. The molecule has 0 radical (unpaired) electrons. The van der Waals surface area contributed by atoms with Crippen LogP contribution in [0.4, 0.5) is 11.4 Å². The molecule has 11 nitrogen and oxygen atoms in total. The Balaban J connectivity index is 1.79. The van der Waals surface area contributed by atoms with Crippen molar-refractivity contribution in [2.24, 2.45) is 0 Å². The Hall–Kier alpha value is -5.60. The Kier molecular flexibility index (Phi) is 10.8. The average molecular weight is 643 g/mol. The molecule has 0 spiro atoms. The van der Waals surface area contributed by atoms with Gasteiger partial charge in [0, 0.05) is 28.6 Å². The third-order valence-corrected chi connectivity index (χ3v) is 7.55. The number of rotatable bonds is 13. The van der Waals surface area contributed by atoms with Crippen molar-refractivity contribution in [3.8, 4) is 28.7 Å². The number of aromatic carboxylic acids is 1. The molecule has 4 rings (SSSR count). The number of aromatic nitrogens is 1. The van der Waals surface area contributed by atoms with Crippen molar-refractivity contribution in [3.05, 3.63) is 104 Å². The van der Waals surface area contributed by atoms with Gasteiger partial charge in [0.15, 0.2) is 5.75 Å². The lowest BCUT2D eigenvalue weighted by atomic mass is 9.99. The van der Waals surface area contributed by atoms with E-state index in [1.54, 1.807) is 19.1 Å². The zero-order valence-electron chi connectivity index (χ0n) is 25.1. The van der Waals surface area contributed by atoms with E-state index in [0.717, 1.165) is 5.56 Å². The molecule has 1 amide bonds. The van der Waals surface area contributed by atoms with Crippen molar-refractivity contribution in [1.29, 1.82) is 5.26 Å². The van der Waals surface area contributed by atoms with Crippen LogP contribution in [0.2, 0.25) is 5.02 Å². The number of anilines is 2. The summed E-state index contributed by atoms with van der Waals surface area (Å²) in [6.45, 7) is 1.72. The Bertz CT molecular complexity index is 1880. The van der Waals surface area contributed by atoms with E-state index in [2.05, 4.69) is 11.4 Å². The highest BCUT2D eigenvalue weighted by Crippen LogP contribution is 2.40. The summed E-state index contributed by atoms with van der Waals surface area (Å²) in [4.78, 5) is 50.8. The number of carbonyl (C=O) groups excluding carboxylic acids is 2. The molecule has 0 saturated carbocycles. The van der Waals surface area contributed by atoms with E-state index in [1.165, 1.54) is 36.1 Å². The number of benzene rings is 3. The molecule has 1 aromatic heterocycles. The van der Waals surface area contributed by atoms with E-state index in [1.807, 2.05) is 30.3 Å². The molecule has 0 saturated heterocycles. The summed E-state index contributed by atoms with van der Waals surface area (Å²) < 4.78 is 12.8. The Labute approximate surface area is 269 Å². The highest BCUT2D eigenvalue weighted by molar-refractivity contribution is 6.31. The zero-order chi connectivity index (χ0) is 33.4. The third kappa shape index (κ3) is 7.20. The van der Waals surface area contributed by atoms with E-state index in [0.29, 0.717) is 28.0 Å². The molecule has 0 aliphatic carbocycles. The summed E-state index contributed by atoms with van der Waals surface area (Å²) in [5.74, 6) is -1.78. The van der Waals surface area contributed by atoms with E-state index in [4.69, 9.17) is 26.8 Å². The van der Waals surface area contributed by atoms with Crippen molar-refractivity contribution in [2.45, 2.75) is 38.8 Å². The Morgan fingerprint density at radius 2 is 1.89 bits per heavy atom. The fourth-order valence-corrected chi connectivity index (χ4v) is 5.20. The van der Waals surface area contributed by atoms with Crippen LogP contribution in [0.3, 0.4) is 0 Å². The van der Waals surface area contributed by atoms with Crippen molar-refractivity contribution < 1.29 is 29.0 Å². The Morgan fingerprint density at radius 3 is 2.52 bits per heavy atom. The van der Waals surface area contributed by atoms with Crippen LogP contribution < -0.4 is 26.1 Å². The predicted octanol–water partition coefficient (Wildman–Crippen LogP) is 5.63. The molecular formula is C34H31ClN4O7. The van der Waals surface area contributed by atoms with Gasteiger partial charge in [-0.2, -0.15) is 5.26 Å². The van der Waals surface area contributed by atoms with Gasteiger partial charge in [-0.25, -0.2) is 4.79 Å². The number of amides is 1. The molecule has 0 aliphatic heterocycles. The summed E-state index contributed by atoms with van der Waals surface area (Å²) >= 11 is 6.18. The van der Waals surface area contributed by atoms with Crippen LogP contribution in [0.1, 0.15) is 52.9 Å². The first-order valence-corrected chi connectivity index (χ1v) is 14.6. The number of nitrogens with one attached hydrogen (secondary N) is 1. The third-order valence-electron chi connectivity index (χ3n) is 7.32. The van der Waals surface area contributed by atoms with Crippen LogP contribution in [0.25, 0.3) is 11.1 Å². The highest BCUT2D eigenvalue weighted by atomic mass is 35.5. The van der Waals surface area contributed by atoms with Crippen LogP contribution >= 0.6 is 11.6 Å². The van der Waals surface area contributed by atoms with Crippen LogP contribution in [0.15, 0.2) is 71.7 Å². The summed E-state index contributed by atoms with van der Waals surface area (Å²) in [5, 5.41) is 22.6. The maximum atomic E-state index is 13.9.